The van der Waals surface area contributed by atoms with Crippen LogP contribution in [0.25, 0.3) is 0 Å². The van der Waals surface area contributed by atoms with Gasteiger partial charge in [0.05, 0.1) is 23.3 Å². The molecule has 0 radical (unpaired) electrons. The van der Waals surface area contributed by atoms with E-state index in [0.29, 0.717) is 18.0 Å². The Morgan fingerprint density at radius 2 is 1.69 bits per heavy atom. The summed E-state index contributed by atoms with van der Waals surface area (Å²) >= 11 is 6.13. The summed E-state index contributed by atoms with van der Waals surface area (Å²) in [6, 6.07) is 20.2. The van der Waals surface area contributed by atoms with Gasteiger partial charge in [0.2, 0.25) is 0 Å². The molecule has 0 unspecified atom stereocenters. The van der Waals surface area contributed by atoms with Crippen molar-refractivity contribution >= 4 is 11.6 Å². The number of pyridine rings is 1. The number of nitrogens with one attached hydrogen (secondary N) is 2. The van der Waals surface area contributed by atoms with Crippen molar-refractivity contribution in [1.82, 2.24) is 15.6 Å². The summed E-state index contributed by atoms with van der Waals surface area (Å²) < 4.78 is 38.6. The third-order valence-corrected chi connectivity index (χ3v) is 5.48. The summed E-state index contributed by atoms with van der Waals surface area (Å²) in [6.45, 7) is 4.14. The number of aromatic nitrogens is 1. The highest BCUT2D eigenvalue weighted by Crippen LogP contribution is 2.30. The molecule has 2 atom stereocenters. The molecule has 1 heterocycles. The SMILES string of the molecule is C=C(NC)[C@H](N[C@@H](CCc1ccc(C(F)(F)F)cc1)c1cccc(Cl)n1)c1ccccc1. The van der Waals surface area contributed by atoms with E-state index in [0.717, 1.165) is 34.7 Å². The van der Waals surface area contributed by atoms with Gasteiger partial charge in [0.25, 0.3) is 0 Å². The summed E-state index contributed by atoms with van der Waals surface area (Å²) in [5.74, 6) is 0. The molecule has 32 heavy (non-hydrogen) atoms. The van der Waals surface area contributed by atoms with Gasteiger partial charge in [-0.1, -0.05) is 66.7 Å². The van der Waals surface area contributed by atoms with E-state index in [1.165, 1.54) is 12.1 Å². The lowest BCUT2D eigenvalue weighted by Gasteiger charge is -2.28. The monoisotopic (exact) mass is 459 g/mol. The number of rotatable bonds is 9. The van der Waals surface area contributed by atoms with Crippen LogP contribution in [0.3, 0.4) is 0 Å². The van der Waals surface area contributed by atoms with Crippen LogP contribution in [0.5, 0.6) is 0 Å². The second kappa shape index (κ2) is 10.7. The van der Waals surface area contributed by atoms with Crippen LogP contribution in [-0.4, -0.2) is 12.0 Å². The van der Waals surface area contributed by atoms with E-state index in [-0.39, 0.29) is 12.1 Å². The van der Waals surface area contributed by atoms with Gasteiger partial charge in [-0.15, -0.1) is 0 Å². The molecule has 0 spiro atoms. The van der Waals surface area contributed by atoms with Gasteiger partial charge in [-0.05, 0) is 48.2 Å². The molecule has 1 aromatic heterocycles. The van der Waals surface area contributed by atoms with Gasteiger partial charge in [0.15, 0.2) is 0 Å². The summed E-state index contributed by atoms with van der Waals surface area (Å²) in [5.41, 5.74) is 2.75. The molecule has 0 aliphatic heterocycles. The van der Waals surface area contributed by atoms with Crippen LogP contribution in [0.4, 0.5) is 13.2 Å². The molecule has 3 rings (SSSR count). The average Bonchev–Trinajstić information content (AvgIpc) is 2.79. The van der Waals surface area contributed by atoms with Crippen LogP contribution in [0.15, 0.2) is 85.1 Å². The molecular formula is C25H25ClF3N3. The quantitative estimate of drug-likeness (QED) is 0.359. The molecule has 0 bridgehead atoms. The molecular weight excluding hydrogens is 435 g/mol. The maximum atomic E-state index is 12.9. The maximum Gasteiger partial charge on any atom is 0.416 e. The Morgan fingerprint density at radius 1 is 1.00 bits per heavy atom. The maximum absolute atomic E-state index is 12.9. The van der Waals surface area contributed by atoms with Gasteiger partial charge in [-0.3, -0.25) is 5.32 Å². The number of aryl methyl sites for hydroxylation is 1. The van der Waals surface area contributed by atoms with Crippen molar-refractivity contribution in [1.29, 1.82) is 0 Å². The van der Waals surface area contributed by atoms with Crippen LogP contribution in [-0.2, 0) is 12.6 Å². The van der Waals surface area contributed by atoms with Gasteiger partial charge < -0.3 is 5.32 Å². The number of nitrogens with zero attached hydrogens (tertiary/aromatic N) is 1. The third-order valence-electron chi connectivity index (χ3n) is 5.27. The summed E-state index contributed by atoms with van der Waals surface area (Å²) in [4.78, 5) is 4.47. The molecule has 0 amide bonds. The van der Waals surface area contributed by atoms with E-state index in [1.807, 2.05) is 49.5 Å². The number of benzene rings is 2. The fraction of sp³-hybridized carbons (Fsp3) is 0.240. The first-order valence-corrected chi connectivity index (χ1v) is 10.6. The number of hydrogen-bond acceptors (Lipinski definition) is 3. The second-order valence-corrected chi connectivity index (χ2v) is 7.84. The summed E-state index contributed by atoms with van der Waals surface area (Å²) in [5, 5.41) is 7.11. The highest BCUT2D eigenvalue weighted by molar-refractivity contribution is 6.29. The van der Waals surface area contributed by atoms with Crippen LogP contribution in [0.1, 0.15) is 40.9 Å². The number of alkyl halides is 3. The lowest BCUT2D eigenvalue weighted by Crippen LogP contribution is -2.32. The van der Waals surface area contributed by atoms with Crippen molar-refractivity contribution in [3.05, 3.63) is 113 Å². The smallest absolute Gasteiger partial charge is 0.390 e. The van der Waals surface area contributed by atoms with Gasteiger partial charge in [0.1, 0.15) is 5.15 Å². The highest BCUT2D eigenvalue weighted by Gasteiger charge is 2.30. The zero-order valence-corrected chi connectivity index (χ0v) is 18.4. The van der Waals surface area contributed by atoms with E-state index in [2.05, 4.69) is 22.2 Å². The van der Waals surface area contributed by atoms with Gasteiger partial charge in [0, 0.05) is 12.7 Å². The molecule has 0 aliphatic carbocycles. The normalized spacial score (nSPS) is 13.4. The number of halogens is 4. The summed E-state index contributed by atoms with van der Waals surface area (Å²) in [6.07, 6.45) is -3.17. The Hall–Kier alpha value is -2.83. The van der Waals surface area contributed by atoms with Crippen molar-refractivity contribution < 1.29 is 13.2 Å². The Labute approximate surface area is 191 Å². The van der Waals surface area contributed by atoms with Crippen LogP contribution < -0.4 is 10.6 Å². The van der Waals surface area contributed by atoms with E-state index in [9.17, 15) is 13.2 Å². The molecule has 3 nitrogen and oxygen atoms in total. The fourth-order valence-corrected chi connectivity index (χ4v) is 3.67. The zero-order chi connectivity index (χ0) is 23.1. The predicted molar refractivity (Wildman–Crippen MR) is 122 cm³/mol. The lowest BCUT2D eigenvalue weighted by atomic mass is 9.98. The first-order valence-electron chi connectivity index (χ1n) is 10.2. The molecule has 2 N–H and O–H groups in total. The molecule has 0 saturated carbocycles. The largest absolute Gasteiger partial charge is 0.416 e. The molecule has 0 fully saturated rings. The van der Waals surface area contributed by atoms with Crippen molar-refractivity contribution in [2.45, 2.75) is 31.1 Å². The van der Waals surface area contributed by atoms with Crippen molar-refractivity contribution in [2.75, 3.05) is 7.05 Å². The molecule has 2 aromatic carbocycles. The predicted octanol–water partition coefficient (Wildman–Crippen LogP) is 6.49. The Bertz CT molecular complexity index is 1020. The molecule has 0 saturated heterocycles. The average molecular weight is 460 g/mol. The fourth-order valence-electron chi connectivity index (χ4n) is 3.50. The van der Waals surface area contributed by atoms with Crippen molar-refractivity contribution in [3.63, 3.8) is 0 Å². The van der Waals surface area contributed by atoms with E-state index >= 15 is 0 Å². The van der Waals surface area contributed by atoms with Gasteiger partial charge in [-0.25, -0.2) is 4.98 Å². The Morgan fingerprint density at radius 3 is 2.28 bits per heavy atom. The van der Waals surface area contributed by atoms with E-state index in [1.54, 1.807) is 6.07 Å². The van der Waals surface area contributed by atoms with Crippen molar-refractivity contribution in [2.24, 2.45) is 0 Å². The zero-order valence-electron chi connectivity index (χ0n) is 17.7. The standard InChI is InChI=1S/C25H25ClF3N3/c1-17(30-2)24(19-7-4-3-5-8-19)32-22(21-9-6-10-23(26)31-21)16-13-18-11-14-20(15-12-18)25(27,28)29/h3-12,14-15,22,24,30,32H,1,13,16H2,2H3/t22-,24-/m0/s1. The highest BCUT2D eigenvalue weighted by atomic mass is 35.5. The molecule has 7 heteroatoms. The number of likely N-dealkylation sites (N-methyl/N-ethyl adjacent to an activating group) is 1. The van der Waals surface area contributed by atoms with E-state index in [4.69, 9.17) is 11.6 Å². The van der Waals surface area contributed by atoms with E-state index < -0.39 is 11.7 Å². The van der Waals surface area contributed by atoms with Gasteiger partial charge in [-0.2, -0.15) is 13.2 Å². The lowest BCUT2D eigenvalue weighted by molar-refractivity contribution is -0.137. The Kier molecular flexibility index (Phi) is 7.94. The number of hydrogen-bond donors (Lipinski definition) is 2. The first-order chi connectivity index (χ1) is 15.3. The summed E-state index contributed by atoms with van der Waals surface area (Å²) in [7, 11) is 1.81. The van der Waals surface area contributed by atoms with Crippen molar-refractivity contribution in [3.8, 4) is 0 Å². The first kappa shape index (κ1) is 23.8. The van der Waals surface area contributed by atoms with Crippen LogP contribution in [0.2, 0.25) is 5.15 Å². The molecule has 0 aliphatic rings. The van der Waals surface area contributed by atoms with Crippen LogP contribution in [0, 0.1) is 0 Å². The minimum absolute atomic E-state index is 0.195. The minimum atomic E-state index is -4.34. The van der Waals surface area contributed by atoms with Gasteiger partial charge >= 0.3 is 6.18 Å². The Balaban J connectivity index is 1.84. The van der Waals surface area contributed by atoms with Crippen LogP contribution >= 0.6 is 11.6 Å². The molecule has 3 aromatic rings. The molecule has 168 valence electrons. The third kappa shape index (κ3) is 6.34. The second-order valence-electron chi connectivity index (χ2n) is 7.46. The topological polar surface area (TPSA) is 37.0 Å². The minimum Gasteiger partial charge on any atom is -0.390 e.